The maximum Gasteiger partial charge on any atom is 0.268 e. The molecular formula is C18H13BrN4OS. The Hall–Kier alpha value is -2.51. The number of halogens is 1. The van der Waals surface area contributed by atoms with Crippen molar-refractivity contribution in [2.24, 2.45) is 0 Å². The van der Waals surface area contributed by atoms with Crippen LogP contribution in [0, 0.1) is 6.92 Å². The molecule has 3 aromatic heterocycles. The SMILES string of the molecule is Cc1c(C(=O)Nc2ccc(Br)cn2)sc2nc(-c3ccccc3)cn12. The van der Waals surface area contributed by atoms with Gasteiger partial charge in [-0.1, -0.05) is 41.7 Å². The number of carbonyl (C=O) groups excluding carboxylic acids is 1. The molecule has 0 saturated carbocycles. The lowest BCUT2D eigenvalue weighted by Crippen LogP contribution is -2.12. The number of amides is 1. The molecule has 0 fully saturated rings. The Morgan fingerprint density at radius 3 is 2.68 bits per heavy atom. The molecule has 0 spiro atoms. The second-order valence-corrected chi connectivity index (χ2v) is 7.37. The number of carbonyl (C=O) groups is 1. The van der Waals surface area contributed by atoms with Gasteiger partial charge < -0.3 is 5.32 Å². The second kappa shape index (κ2) is 6.42. The van der Waals surface area contributed by atoms with Gasteiger partial charge in [0, 0.05) is 28.1 Å². The quantitative estimate of drug-likeness (QED) is 0.526. The lowest BCUT2D eigenvalue weighted by molar-refractivity contribution is 0.102. The van der Waals surface area contributed by atoms with E-state index in [2.05, 4.69) is 31.2 Å². The molecule has 0 radical (unpaired) electrons. The van der Waals surface area contributed by atoms with Crippen molar-refractivity contribution in [2.45, 2.75) is 6.92 Å². The number of hydrogen-bond acceptors (Lipinski definition) is 4. The Labute approximate surface area is 156 Å². The Morgan fingerprint density at radius 1 is 1.20 bits per heavy atom. The lowest BCUT2D eigenvalue weighted by atomic mass is 10.2. The van der Waals surface area contributed by atoms with Crippen LogP contribution in [0.2, 0.25) is 0 Å². The van der Waals surface area contributed by atoms with Crippen LogP contribution in [0.1, 0.15) is 15.4 Å². The number of fused-ring (bicyclic) bond motifs is 1. The molecule has 1 N–H and O–H groups in total. The molecule has 0 saturated heterocycles. The van der Waals surface area contributed by atoms with E-state index in [-0.39, 0.29) is 5.91 Å². The second-order valence-electron chi connectivity index (χ2n) is 5.48. The summed E-state index contributed by atoms with van der Waals surface area (Å²) in [6.07, 6.45) is 3.61. The van der Waals surface area contributed by atoms with E-state index in [1.807, 2.05) is 53.9 Å². The van der Waals surface area contributed by atoms with E-state index in [4.69, 9.17) is 0 Å². The normalized spacial score (nSPS) is 11.0. The molecule has 5 nitrogen and oxygen atoms in total. The number of nitrogens with one attached hydrogen (secondary N) is 1. The standard InChI is InChI=1S/C18H13BrN4OS/c1-11-16(17(24)22-15-8-7-13(19)9-20-15)25-18-21-14(10-23(11)18)12-5-3-2-4-6-12/h2-10H,1H3,(H,20,22,24). The van der Waals surface area contributed by atoms with Crippen molar-refractivity contribution < 1.29 is 4.79 Å². The average Bonchev–Trinajstić information content (AvgIpc) is 3.17. The van der Waals surface area contributed by atoms with E-state index in [9.17, 15) is 4.79 Å². The molecule has 124 valence electrons. The van der Waals surface area contributed by atoms with Gasteiger partial charge in [-0.25, -0.2) is 9.97 Å². The van der Waals surface area contributed by atoms with Crippen LogP contribution < -0.4 is 5.32 Å². The monoisotopic (exact) mass is 412 g/mol. The first-order valence-corrected chi connectivity index (χ1v) is 9.19. The van der Waals surface area contributed by atoms with Gasteiger partial charge in [-0.2, -0.15) is 0 Å². The fourth-order valence-electron chi connectivity index (χ4n) is 2.53. The lowest BCUT2D eigenvalue weighted by Gasteiger charge is -2.03. The summed E-state index contributed by atoms with van der Waals surface area (Å²) in [6, 6.07) is 13.6. The number of pyridine rings is 1. The summed E-state index contributed by atoms with van der Waals surface area (Å²) in [5.74, 6) is 0.340. The number of nitrogens with zero attached hydrogens (tertiary/aromatic N) is 3. The first-order chi connectivity index (χ1) is 12.1. The molecule has 25 heavy (non-hydrogen) atoms. The summed E-state index contributed by atoms with van der Waals surface area (Å²) in [7, 11) is 0. The van der Waals surface area contributed by atoms with E-state index in [0.29, 0.717) is 10.7 Å². The van der Waals surface area contributed by atoms with Gasteiger partial charge >= 0.3 is 0 Å². The predicted molar refractivity (Wildman–Crippen MR) is 103 cm³/mol. The largest absolute Gasteiger partial charge is 0.306 e. The van der Waals surface area contributed by atoms with Gasteiger partial charge in [0.15, 0.2) is 4.96 Å². The predicted octanol–water partition coefficient (Wildman–Crippen LogP) is 4.78. The first-order valence-electron chi connectivity index (χ1n) is 7.58. The average molecular weight is 413 g/mol. The van der Waals surface area contributed by atoms with Crippen LogP contribution in [0.3, 0.4) is 0 Å². The number of imidazole rings is 1. The van der Waals surface area contributed by atoms with Crippen LogP contribution in [0.25, 0.3) is 16.2 Å². The summed E-state index contributed by atoms with van der Waals surface area (Å²) in [4.78, 5) is 22.8. The van der Waals surface area contributed by atoms with Gasteiger partial charge in [0.25, 0.3) is 5.91 Å². The Morgan fingerprint density at radius 2 is 2.00 bits per heavy atom. The van der Waals surface area contributed by atoms with Crippen LogP contribution in [0.5, 0.6) is 0 Å². The number of hydrogen-bond donors (Lipinski definition) is 1. The van der Waals surface area contributed by atoms with E-state index in [0.717, 1.165) is 26.4 Å². The minimum atomic E-state index is -0.177. The minimum absolute atomic E-state index is 0.177. The third kappa shape index (κ3) is 3.08. The van der Waals surface area contributed by atoms with Crippen molar-refractivity contribution in [1.82, 2.24) is 14.4 Å². The molecule has 0 aliphatic rings. The minimum Gasteiger partial charge on any atom is -0.306 e. The van der Waals surface area contributed by atoms with Crippen molar-refractivity contribution in [3.05, 3.63) is 69.9 Å². The van der Waals surface area contributed by atoms with Gasteiger partial charge in [-0.05, 0) is 35.0 Å². The summed E-state index contributed by atoms with van der Waals surface area (Å²) < 4.78 is 2.82. The van der Waals surface area contributed by atoms with Crippen molar-refractivity contribution in [1.29, 1.82) is 0 Å². The molecular weight excluding hydrogens is 400 g/mol. The van der Waals surface area contributed by atoms with Gasteiger partial charge in [0.05, 0.1) is 5.69 Å². The Kier molecular flexibility index (Phi) is 4.10. The van der Waals surface area contributed by atoms with Gasteiger partial charge in [0.1, 0.15) is 10.7 Å². The van der Waals surface area contributed by atoms with Gasteiger partial charge in [-0.3, -0.25) is 9.20 Å². The Bertz CT molecular complexity index is 1050. The van der Waals surface area contributed by atoms with E-state index in [1.54, 1.807) is 12.3 Å². The molecule has 7 heteroatoms. The van der Waals surface area contributed by atoms with Crippen LogP contribution in [-0.4, -0.2) is 20.3 Å². The first kappa shape index (κ1) is 16.0. The zero-order chi connectivity index (χ0) is 17.4. The highest BCUT2D eigenvalue weighted by molar-refractivity contribution is 9.10. The highest BCUT2D eigenvalue weighted by Crippen LogP contribution is 2.27. The van der Waals surface area contributed by atoms with Gasteiger partial charge in [0.2, 0.25) is 0 Å². The maximum atomic E-state index is 12.5. The zero-order valence-electron chi connectivity index (χ0n) is 13.2. The third-order valence-corrected chi connectivity index (χ3v) is 5.43. The number of aromatic nitrogens is 3. The number of rotatable bonds is 3. The molecule has 0 bridgehead atoms. The number of benzene rings is 1. The number of aryl methyl sites for hydroxylation is 1. The van der Waals surface area contributed by atoms with Crippen LogP contribution in [-0.2, 0) is 0 Å². The smallest absolute Gasteiger partial charge is 0.268 e. The molecule has 0 unspecified atom stereocenters. The van der Waals surface area contributed by atoms with E-state index < -0.39 is 0 Å². The van der Waals surface area contributed by atoms with Crippen molar-refractivity contribution >= 4 is 44.0 Å². The fraction of sp³-hybridized carbons (Fsp3) is 0.0556. The summed E-state index contributed by atoms with van der Waals surface area (Å²) in [5, 5.41) is 2.82. The van der Waals surface area contributed by atoms with Crippen molar-refractivity contribution in [2.75, 3.05) is 5.32 Å². The van der Waals surface area contributed by atoms with Crippen molar-refractivity contribution in [3.63, 3.8) is 0 Å². The number of thiazole rings is 1. The van der Waals surface area contributed by atoms with E-state index >= 15 is 0 Å². The third-order valence-electron chi connectivity index (χ3n) is 3.80. The zero-order valence-corrected chi connectivity index (χ0v) is 15.6. The summed E-state index contributed by atoms with van der Waals surface area (Å²) >= 11 is 4.70. The molecule has 4 rings (SSSR count). The number of anilines is 1. The van der Waals surface area contributed by atoms with E-state index in [1.165, 1.54) is 11.3 Å². The van der Waals surface area contributed by atoms with Crippen molar-refractivity contribution in [3.8, 4) is 11.3 Å². The van der Waals surface area contributed by atoms with Gasteiger partial charge in [-0.15, -0.1) is 0 Å². The highest BCUT2D eigenvalue weighted by atomic mass is 79.9. The van der Waals surface area contributed by atoms with Crippen LogP contribution in [0.4, 0.5) is 5.82 Å². The fourth-order valence-corrected chi connectivity index (χ4v) is 3.77. The molecule has 0 aliphatic heterocycles. The summed E-state index contributed by atoms with van der Waals surface area (Å²) in [5.41, 5.74) is 2.82. The molecule has 0 atom stereocenters. The molecule has 1 aromatic carbocycles. The molecule has 0 aliphatic carbocycles. The molecule has 4 aromatic rings. The molecule has 1 amide bonds. The Balaban J connectivity index is 1.64. The van der Waals surface area contributed by atoms with Crippen LogP contribution in [0.15, 0.2) is 59.3 Å². The highest BCUT2D eigenvalue weighted by Gasteiger charge is 2.18. The molecule has 3 heterocycles. The maximum absolute atomic E-state index is 12.5. The van der Waals surface area contributed by atoms with Crippen LogP contribution >= 0.6 is 27.3 Å². The topological polar surface area (TPSA) is 59.3 Å². The summed E-state index contributed by atoms with van der Waals surface area (Å²) in [6.45, 7) is 1.92.